The summed E-state index contributed by atoms with van der Waals surface area (Å²) in [6, 6.07) is 1.19. The van der Waals surface area contributed by atoms with Gasteiger partial charge in [0.2, 0.25) is 0 Å². The minimum atomic E-state index is 0.406. The Kier molecular flexibility index (Phi) is 4.99. The normalized spacial score (nSPS) is 16.8. The van der Waals surface area contributed by atoms with Crippen molar-refractivity contribution >= 4 is 0 Å². The van der Waals surface area contributed by atoms with Gasteiger partial charge in [-0.25, -0.2) is 0 Å². The van der Waals surface area contributed by atoms with E-state index in [9.17, 15) is 0 Å². The second-order valence-corrected chi connectivity index (χ2v) is 5.70. The summed E-state index contributed by atoms with van der Waals surface area (Å²) in [5, 5.41) is 8.28. The summed E-state index contributed by atoms with van der Waals surface area (Å²) >= 11 is 0. The van der Waals surface area contributed by atoms with Crippen LogP contribution in [0.4, 0.5) is 0 Å². The van der Waals surface area contributed by atoms with Crippen molar-refractivity contribution in [3.8, 4) is 0 Å². The molecule has 0 amide bonds. The second-order valence-electron chi connectivity index (χ2n) is 5.70. The average Bonchev–Trinajstić information content (AvgIpc) is 3.16. The Morgan fingerprint density at radius 1 is 1.42 bits per heavy atom. The first kappa shape index (κ1) is 14.5. The largest absolute Gasteiger partial charge is 0.385 e. The standard InChI is InChI=1S/C15H27N3O/c1-11(8-10-19-4)18-13(3)15(12(2)17-18)7-9-16-14-5-6-14/h11,14,16H,5-10H2,1-4H3. The van der Waals surface area contributed by atoms with E-state index in [4.69, 9.17) is 9.84 Å². The van der Waals surface area contributed by atoms with E-state index in [0.717, 1.165) is 32.0 Å². The molecule has 4 nitrogen and oxygen atoms in total. The molecule has 1 N–H and O–H groups in total. The van der Waals surface area contributed by atoms with E-state index in [1.807, 2.05) is 0 Å². The van der Waals surface area contributed by atoms with Gasteiger partial charge in [0.25, 0.3) is 0 Å². The van der Waals surface area contributed by atoms with E-state index in [-0.39, 0.29) is 0 Å². The topological polar surface area (TPSA) is 39.1 Å². The third kappa shape index (κ3) is 3.80. The second kappa shape index (κ2) is 6.53. The monoisotopic (exact) mass is 265 g/mol. The molecule has 1 atom stereocenters. The van der Waals surface area contributed by atoms with Gasteiger partial charge in [0.1, 0.15) is 0 Å². The van der Waals surface area contributed by atoms with Gasteiger partial charge in [-0.1, -0.05) is 0 Å². The molecule has 0 aromatic carbocycles. The Labute approximate surface area is 116 Å². The predicted molar refractivity (Wildman–Crippen MR) is 77.6 cm³/mol. The molecule has 1 aliphatic rings. The van der Waals surface area contributed by atoms with Crippen molar-refractivity contribution < 1.29 is 4.74 Å². The molecule has 1 heterocycles. The lowest BCUT2D eigenvalue weighted by molar-refractivity contribution is 0.178. The lowest BCUT2D eigenvalue weighted by Gasteiger charge is -2.14. The van der Waals surface area contributed by atoms with E-state index in [2.05, 4.69) is 30.8 Å². The number of aromatic nitrogens is 2. The minimum absolute atomic E-state index is 0.406. The van der Waals surface area contributed by atoms with E-state index < -0.39 is 0 Å². The summed E-state index contributed by atoms with van der Waals surface area (Å²) in [5.74, 6) is 0. The van der Waals surface area contributed by atoms with Crippen molar-refractivity contribution in [1.29, 1.82) is 0 Å². The highest BCUT2D eigenvalue weighted by atomic mass is 16.5. The Morgan fingerprint density at radius 2 is 2.16 bits per heavy atom. The van der Waals surface area contributed by atoms with Gasteiger partial charge in [-0.2, -0.15) is 5.10 Å². The number of methoxy groups -OCH3 is 1. The van der Waals surface area contributed by atoms with Crippen LogP contribution in [0.25, 0.3) is 0 Å². The summed E-state index contributed by atoms with van der Waals surface area (Å²) in [4.78, 5) is 0. The highest BCUT2D eigenvalue weighted by Gasteiger charge is 2.21. The molecule has 1 fully saturated rings. The molecular formula is C15H27N3O. The average molecular weight is 265 g/mol. The summed E-state index contributed by atoms with van der Waals surface area (Å²) in [6.45, 7) is 8.39. The smallest absolute Gasteiger partial charge is 0.0629 e. The van der Waals surface area contributed by atoms with Gasteiger partial charge in [0.05, 0.1) is 11.7 Å². The third-order valence-corrected chi connectivity index (χ3v) is 4.02. The van der Waals surface area contributed by atoms with Crippen molar-refractivity contribution in [2.24, 2.45) is 0 Å². The lowest BCUT2D eigenvalue weighted by atomic mass is 10.1. The molecule has 1 aromatic rings. The molecule has 0 bridgehead atoms. The number of aryl methyl sites for hydroxylation is 1. The van der Waals surface area contributed by atoms with Crippen molar-refractivity contribution in [2.45, 2.75) is 58.5 Å². The van der Waals surface area contributed by atoms with Gasteiger partial charge < -0.3 is 10.1 Å². The minimum Gasteiger partial charge on any atom is -0.385 e. The fourth-order valence-corrected chi connectivity index (χ4v) is 2.59. The first-order chi connectivity index (χ1) is 9.13. The quantitative estimate of drug-likeness (QED) is 0.784. The molecule has 0 saturated heterocycles. The van der Waals surface area contributed by atoms with Crippen molar-refractivity contribution in [2.75, 3.05) is 20.3 Å². The van der Waals surface area contributed by atoms with Crippen molar-refractivity contribution in [3.05, 3.63) is 17.0 Å². The molecule has 19 heavy (non-hydrogen) atoms. The van der Waals surface area contributed by atoms with Gasteiger partial charge in [-0.05, 0) is 58.6 Å². The lowest BCUT2D eigenvalue weighted by Crippen LogP contribution is -2.19. The molecule has 4 heteroatoms. The number of nitrogens with one attached hydrogen (secondary N) is 1. The molecule has 1 aromatic heterocycles. The maximum absolute atomic E-state index is 5.16. The summed E-state index contributed by atoms with van der Waals surface area (Å²) in [5.41, 5.74) is 3.91. The van der Waals surface area contributed by atoms with Crippen LogP contribution in [0.3, 0.4) is 0 Å². The number of ether oxygens (including phenoxy) is 1. The van der Waals surface area contributed by atoms with Gasteiger partial charge in [-0.15, -0.1) is 0 Å². The van der Waals surface area contributed by atoms with Gasteiger partial charge in [-0.3, -0.25) is 4.68 Å². The molecule has 0 radical (unpaired) electrons. The fraction of sp³-hybridized carbons (Fsp3) is 0.800. The SMILES string of the molecule is COCCC(C)n1nc(C)c(CCNC2CC2)c1C. The van der Waals surface area contributed by atoms with Crippen LogP contribution in [0.1, 0.15) is 49.2 Å². The predicted octanol–water partition coefficient (Wildman–Crippen LogP) is 2.39. The maximum atomic E-state index is 5.16. The number of nitrogens with zero attached hydrogens (tertiary/aromatic N) is 2. The molecular weight excluding hydrogens is 238 g/mol. The van der Waals surface area contributed by atoms with Crippen molar-refractivity contribution in [1.82, 2.24) is 15.1 Å². The Morgan fingerprint density at radius 3 is 2.79 bits per heavy atom. The van der Waals surface area contributed by atoms with E-state index >= 15 is 0 Å². The molecule has 2 rings (SSSR count). The molecule has 108 valence electrons. The maximum Gasteiger partial charge on any atom is 0.0629 e. The van der Waals surface area contributed by atoms with Crippen LogP contribution in [0, 0.1) is 13.8 Å². The number of hydrogen-bond acceptors (Lipinski definition) is 3. The first-order valence-electron chi connectivity index (χ1n) is 7.40. The highest BCUT2D eigenvalue weighted by Crippen LogP contribution is 2.21. The Bertz CT molecular complexity index is 410. The molecule has 0 aliphatic heterocycles. The van der Waals surface area contributed by atoms with Crippen LogP contribution >= 0.6 is 0 Å². The summed E-state index contributed by atoms with van der Waals surface area (Å²) in [7, 11) is 1.75. The number of hydrogen-bond donors (Lipinski definition) is 1. The van der Waals surface area contributed by atoms with E-state index in [1.54, 1.807) is 7.11 Å². The van der Waals surface area contributed by atoms with Gasteiger partial charge in [0, 0.05) is 25.5 Å². The van der Waals surface area contributed by atoms with E-state index in [0.29, 0.717) is 6.04 Å². The van der Waals surface area contributed by atoms with Gasteiger partial charge in [0.15, 0.2) is 0 Å². The summed E-state index contributed by atoms with van der Waals surface area (Å²) < 4.78 is 7.33. The zero-order valence-corrected chi connectivity index (χ0v) is 12.7. The molecule has 1 aliphatic carbocycles. The van der Waals surface area contributed by atoms with Gasteiger partial charge >= 0.3 is 0 Å². The van der Waals surface area contributed by atoms with Crippen LogP contribution in [0.5, 0.6) is 0 Å². The third-order valence-electron chi connectivity index (χ3n) is 4.02. The Hall–Kier alpha value is -0.870. The van der Waals surface area contributed by atoms with Crippen LogP contribution in [0.2, 0.25) is 0 Å². The molecule has 0 spiro atoms. The van der Waals surface area contributed by atoms with Crippen LogP contribution in [-0.2, 0) is 11.2 Å². The van der Waals surface area contributed by atoms with E-state index in [1.165, 1.54) is 29.8 Å². The van der Waals surface area contributed by atoms with Crippen LogP contribution in [0.15, 0.2) is 0 Å². The fourth-order valence-electron chi connectivity index (χ4n) is 2.59. The summed E-state index contributed by atoms with van der Waals surface area (Å²) in [6.07, 6.45) is 4.81. The highest BCUT2D eigenvalue weighted by molar-refractivity contribution is 5.25. The zero-order chi connectivity index (χ0) is 13.8. The molecule has 1 unspecified atom stereocenters. The van der Waals surface area contributed by atoms with Crippen LogP contribution < -0.4 is 5.32 Å². The Balaban J connectivity index is 1.96. The first-order valence-corrected chi connectivity index (χ1v) is 7.40. The number of rotatable bonds is 8. The van der Waals surface area contributed by atoms with Crippen molar-refractivity contribution in [3.63, 3.8) is 0 Å². The van der Waals surface area contributed by atoms with Crippen LogP contribution in [-0.4, -0.2) is 36.1 Å². The zero-order valence-electron chi connectivity index (χ0n) is 12.7. The molecule has 1 saturated carbocycles.